The average molecular weight is 383 g/mol. The molecule has 27 heavy (non-hydrogen) atoms. The number of esters is 1. The smallest absolute Gasteiger partial charge is 0.335 e. The van der Waals surface area contributed by atoms with E-state index in [0.717, 1.165) is 5.56 Å². The SMILES string of the molecule is CNc1cc(COC(=O)C(C)C)ccc1O[C@@H]1CC(O)[C@H](O)C(C(=O)O)O1. The molecule has 1 heterocycles. The van der Waals surface area contributed by atoms with Crippen molar-refractivity contribution in [2.45, 2.75) is 51.5 Å². The van der Waals surface area contributed by atoms with E-state index < -0.39 is 30.6 Å². The van der Waals surface area contributed by atoms with E-state index in [1.807, 2.05) is 0 Å². The molecule has 9 heteroatoms. The number of aliphatic hydroxyl groups is 2. The molecule has 1 saturated heterocycles. The first-order chi connectivity index (χ1) is 12.7. The first-order valence-corrected chi connectivity index (χ1v) is 8.61. The molecular formula is C18H25NO8. The number of nitrogens with one attached hydrogen (secondary N) is 1. The van der Waals surface area contributed by atoms with E-state index in [4.69, 9.17) is 19.3 Å². The summed E-state index contributed by atoms with van der Waals surface area (Å²) in [4.78, 5) is 22.7. The van der Waals surface area contributed by atoms with E-state index >= 15 is 0 Å². The lowest BCUT2D eigenvalue weighted by Crippen LogP contribution is -2.53. The normalized spacial score (nSPS) is 25.1. The average Bonchev–Trinajstić information content (AvgIpc) is 2.62. The molecule has 1 aromatic carbocycles. The van der Waals surface area contributed by atoms with Gasteiger partial charge in [-0.2, -0.15) is 0 Å². The molecule has 0 spiro atoms. The van der Waals surface area contributed by atoms with Gasteiger partial charge in [0.2, 0.25) is 6.29 Å². The molecule has 0 aromatic heterocycles. The third-order valence-corrected chi connectivity index (χ3v) is 4.10. The predicted octanol–water partition coefficient (Wildman–Crippen LogP) is 0.728. The fraction of sp³-hybridized carbons (Fsp3) is 0.556. The Labute approximate surface area is 156 Å². The maximum Gasteiger partial charge on any atom is 0.335 e. The minimum absolute atomic E-state index is 0.0815. The number of ether oxygens (including phenoxy) is 3. The van der Waals surface area contributed by atoms with Crippen molar-refractivity contribution in [1.82, 2.24) is 0 Å². The molecule has 1 aromatic rings. The fourth-order valence-electron chi connectivity index (χ4n) is 2.55. The number of aliphatic hydroxyl groups excluding tert-OH is 2. The molecule has 2 unspecified atom stereocenters. The summed E-state index contributed by atoms with van der Waals surface area (Å²) in [7, 11) is 1.67. The molecule has 0 amide bonds. The fourth-order valence-corrected chi connectivity index (χ4v) is 2.55. The summed E-state index contributed by atoms with van der Waals surface area (Å²) >= 11 is 0. The van der Waals surface area contributed by atoms with E-state index in [1.165, 1.54) is 0 Å². The van der Waals surface area contributed by atoms with Crippen LogP contribution in [0.4, 0.5) is 5.69 Å². The van der Waals surface area contributed by atoms with E-state index in [2.05, 4.69) is 5.32 Å². The molecule has 4 atom stereocenters. The van der Waals surface area contributed by atoms with Crippen molar-refractivity contribution in [2.75, 3.05) is 12.4 Å². The van der Waals surface area contributed by atoms with Crippen molar-refractivity contribution in [3.05, 3.63) is 23.8 Å². The Morgan fingerprint density at radius 1 is 1.33 bits per heavy atom. The van der Waals surface area contributed by atoms with Gasteiger partial charge in [-0.15, -0.1) is 0 Å². The molecule has 0 saturated carbocycles. The Morgan fingerprint density at radius 2 is 2.04 bits per heavy atom. The monoisotopic (exact) mass is 383 g/mol. The second-order valence-corrected chi connectivity index (χ2v) is 6.58. The topological polar surface area (TPSA) is 135 Å². The Kier molecular flexibility index (Phi) is 7.00. The number of benzene rings is 1. The van der Waals surface area contributed by atoms with E-state index in [-0.39, 0.29) is 24.9 Å². The first-order valence-electron chi connectivity index (χ1n) is 8.61. The quantitative estimate of drug-likeness (QED) is 0.503. The van der Waals surface area contributed by atoms with Crippen LogP contribution in [-0.4, -0.2) is 58.9 Å². The third-order valence-electron chi connectivity index (χ3n) is 4.10. The molecule has 150 valence electrons. The summed E-state index contributed by atoms with van der Waals surface area (Å²) in [5, 5.41) is 31.6. The Hall–Kier alpha value is -2.36. The number of carboxylic acid groups (broad SMARTS) is 1. The molecule has 1 aliphatic rings. The summed E-state index contributed by atoms with van der Waals surface area (Å²) in [5.74, 6) is -1.53. The van der Waals surface area contributed by atoms with Crippen molar-refractivity contribution in [3.8, 4) is 5.75 Å². The number of hydrogen-bond acceptors (Lipinski definition) is 8. The minimum Gasteiger partial charge on any atom is -0.479 e. The van der Waals surface area contributed by atoms with Crippen LogP contribution in [0.5, 0.6) is 5.75 Å². The lowest BCUT2D eigenvalue weighted by molar-refractivity contribution is -0.228. The highest BCUT2D eigenvalue weighted by Gasteiger charge is 2.42. The summed E-state index contributed by atoms with van der Waals surface area (Å²) in [5.41, 5.74) is 1.31. The van der Waals surface area contributed by atoms with Crippen LogP contribution in [-0.2, 0) is 25.7 Å². The van der Waals surface area contributed by atoms with Crippen LogP contribution in [0.15, 0.2) is 18.2 Å². The van der Waals surface area contributed by atoms with Crippen molar-refractivity contribution in [2.24, 2.45) is 5.92 Å². The highest BCUT2D eigenvalue weighted by molar-refractivity contribution is 5.73. The van der Waals surface area contributed by atoms with Gasteiger partial charge in [0.05, 0.1) is 17.7 Å². The van der Waals surface area contributed by atoms with Crippen LogP contribution in [0.1, 0.15) is 25.8 Å². The van der Waals surface area contributed by atoms with Crippen LogP contribution in [0.25, 0.3) is 0 Å². The minimum atomic E-state index is -1.58. The zero-order valence-corrected chi connectivity index (χ0v) is 15.4. The number of hydrogen-bond donors (Lipinski definition) is 4. The maximum atomic E-state index is 11.6. The number of carbonyl (C=O) groups is 2. The standard InChI is InChI=1S/C18H25NO8/c1-9(2)18(24)25-8-10-4-5-13(11(6-10)19-3)26-14-7-12(20)15(21)16(27-14)17(22)23/h4-6,9,12,14-16,19-21H,7-8H2,1-3H3,(H,22,23)/t12?,14-,15-,16?/m0/s1. The largest absolute Gasteiger partial charge is 0.479 e. The van der Waals surface area contributed by atoms with Gasteiger partial charge >= 0.3 is 11.9 Å². The lowest BCUT2D eigenvalue weighted by atomic mass is 10.0. The first kappa shape index (κ1) is 20.9. The van der Waals surface area contributed by atoms with Crippen LogP contribution < -0.4 is 10.1 Å². The molecule has 0 bridgehead atoms. The summed E-state index contributed by atoms with van der Waals surface area (Å²) in [6.07, 6.45) is -5.50. The van der Waals surface area contributed by atoms with Crippen LogP contribution in [0.2, 0.25) is 0 Å². The number of carbonyl (C=O) groups excluding carboxylic acids is 1. The van der Waals surface area contributed by atoms with Gasteiger partial charge in [-0.3, -0.25) is 4.79 Å². The van der Waals surface area contributed by atoms with E-state index in [9.17, 15) is 19.8 Å². The van der Waals surface area contributed by atoms with Crippen molar-refractivity contribution in [1.29, 1.82) is 0 Å². The van der Waals surface area contributed by atoms with Crippen molar-refractivity contribution in [3.63, 3.8) is 0 Å². The van der Waals surface area contributed by atoms with Gasteiger partial charge < -0.3 is 34.8 Å². The van der Waals surface area contributed by atoms with E-state index in [0.29, 0.717) is 11.4 Å². The van der Waals surface area contributed by atoms with Gasteiger partial charge in [-0.1, -0.05) is 19.9 Å². The molecular weight excluding hydrogens is 358 g/mol. The third kappa shape index (κ3) is 5.31. The number of aliphatic carboxylic acids is 1. The Bertz CT molecular complexity index is 677. The Balaban J connectivity index is 2.07. The second-order valence-electron chi connectivity index (χ2n) is 6.58. The van der Waals surface area contributed by atoms with Gasteiger partial charge in [0.15, 0.2) is 6.10 Å². The van der Waals surface area contributed by atoms with Gasteiger partial charge in [0.25, 0.3) is 0 Å². The Morgan fingerprint density at radius 3 is 2.63 bits per heavy atom. The van der Waals surface area contributed by atoms with Gasteiger partial charge in [-0.25, -0.2) is 4.79 Å². The van der Waals surface area contributed by atoms with Crippen molar-refractivity contribution < 1.29 is 39.1 Å². The molecule has 0 aliphatic carbocycles. The zero-order valence-electron chi connectivity index (χ0n) is 15.4. The number of rotatable bonds is 7. The number of anilines is 1. The predicted molar refractivity (Wildman–Crippen MR) is 94.2 cm³/mol. The molecule has 1 aliphatic heterocycles. The molecule has 4 N–H and O–H groups in total. The van der Waals surface area contributed by atoms with Crippen LogP contribution >= 0.6 is 0 Å². The highest BCUT2D eigenvalue weighted by atomic mass is 16.7. The van der Waals surface area contributed by atoms with Gasteiger partial charge in [-0.05, 0) is 17.7 Å². The summed E-state index contributed by atoms with van der Waals surface area (Å²) in [6.45, 7) is 3.61. The molecule has 0 radical (unpaired) electrons. The molecule has 1 fully saturated rings. The second kappa shape index (κ2) is 9.03. The summed E-state index contributed by atoms with van der Waals surface area (Å²) < 4.78 is 16.1. The van der Waals surface area contributed by atoms with Gasteiger partial charge in [0, 0.05) is 13.5 Å². The molecule has 2 rings (SSSR count). The van der Waals surface area contributed by atoms with Crippen LogP contribution in [0, 0.1) is 5.92 Å². The zero-order chi connectivity index (χ0) is 20.1. The lowest BCUT2D eigenvalue weighted by Gasteiger charge is -2.35. The number of carboxylic acids is 1. The van der Waals surface area contributed by atoms with Gasteiger partial charge in [0.1, 0.15) is 18.5 Å². The highest BCUT2D eigenvalue weighted by Crippen LogP contribution is 2.30. The van der Waals surface area contributed by atoms with E-state index in [1.54, 1.807) is 39.1 Å². The molecule has 9 nitrogen and oxygen atoms in total. The maximum absolute atomic E-state index is 11.6. The van der Waals surface area contributed by atoms with Crippen molar-refractivity contribution >= 4 is 17.6 Å². The summed E-state index contributed by atoms with van der Waals surface area (Å²) in [6, 6.07) is 5.05. The van der Waals surface area contributed by atoms with Crippen LogP contribution in [0.3, 0.4) is 0 Å².